The summed E-state index contributed by atoms with van der Waals surface area (Å²) < 4.78 is 0. The van der Waals surface area contributed by atoms with Gasteiger partial charge in [0.1, 0.15) is 5.69 Å². The first kappa shape index (κ1) is 16.1. The van der Waals surface area contributed by atoms with E-state index in [0.717, 1.165) is 31.5 Å². The molecule has 1 aromatic carbocycles. The topological polar surface area (TPSA) is 75.2 Å². The Hall–Kier alpha value is -2.76. The minimum absolute atomic E-state index is 0.0878. The molecule has 6 heteroatoms. The lowest BCUT2D eigenvalue weighted by atomic mass is 10.1. The van der Waals surface area contributed by atoms with E-state index in [1.807, 2.05) is 29.2 Å². The monoisotopic (exact) mass is 324 g/mol. The Morgan fingerprint density at radius 3 is 2.46 bits per heavy atom. The van der Waals surface area contributed by atoms with E-state index < -0.39 is 0 Å². The summed E-state index contributed by atoms with van der Waals surface area (Å²) in [6.45, 7) is 2.07. The van der Waals surface area contributed by atoms with Crippen molar-refractivity contribution in [1.82, 2.24) is 20.2 Å². The number of rotatable bonds is 4. The number of nitrogens with zero attached hydrogens (tertiary/aromatic N) is 3. The normalized spacial score (nSPS) is 14.2. The Bertz CT molecular complexity index is 695. The standard InChI is InChI=1S/C18H20N4O2/c23-17(16-13-19-8-9-20-16)21-12-14-4-6-15(7-5-14)18(24)22-10-2-1-3-11-22/h4-9,13H,1-3,10-12H2,(H,21,23). The fourth-order valence-electron chi connectivity index (χ4n) is 2.73. The van der Waals surface area contributed by atoms with Crippen LogP contribution in [0.25, 0.3) is 0 Å². The van der Waals surface area contributed by atoms with E-state index in [2.05, 4.69) is 15.3 Å². The van der Waals surface area contributed by atoms with Crippen LogP contribution >= 0.6 is 0 Å². The molecule has 1 aromatic heterocycles. The number of nitrogens with one attached hydrogen (secondary N) is 1. The van der Waals surface area contributed by atoms with Crippen molar-refractivity contribution < 1.29 is 9.59 Å². The van der Waals surface area contributed by atoms with Gasteiger partial charge in [-0.05, 0) is 37.0 Å². The Balaban J connectivity index is 1.56. The van der Waals surface area contributed by atoms with Crippen molar-refractivity contribution in [3.8, 4) is 0 Å². The SMILES string of the molecule is O=C(NCc1ccc(C(=O)N2CCCCC2)cc1)c1cnccn1. The second-order valence-corrected chi connectivity index (χ2v) is 5.82. The quantitative estimate of drug-likeness (QED) is 0.934. The summed E-state index contributed by atoms with van der Waals surface area (Å²) in [5.41, 5.74) is 1.91. The molecule has 1 N–H and O–H groups in total. The molecule has 0 unspecified atom stereocenters. The van der Waals surface area contributed by atoms with E-state index in [-0.39, 0.29) is 17.5 Å². The maximum Gasteiger partial charge on any atom is 0.271 e. The molecule has 0 bridgehead atoms. The zero-order chi connectivity index (χ0) is 16.8. The Morgan fingerprint density at radius 2 is 1.79 bits per heavy atom. The van der Waals surface area contributed by atoms with Crippen molar-refractivity contribution in [2.24, 2.45) is 0 Å². The van der Waals surface area contributed by atoms with Gasteiger partial charge in [-0.25, -0.2) is 4.98 Å². The van der Waals surface area contributed by atoms with Gasteiger partial charge in [0.15, 0.2) is 0 Å². The number of amides is 2. The van der Waals surface area contributed by atoms with Crippen molar-refractivity contribution in [2.45, 2.75) is 25.8 Å². The lowest BCUT2D eigenvalue weighted by molar-refractivity contribution is 0.0724. The van der Waals surface area contributed by atoms with E-state index >= 15 is 0 Å². The first-order chi connectivity index (χ1) is 11.7. The zero-order valence-corrected chi connectivity index (χ0v) is 13.4. The van der Waals surface area contributed by atoms with Crippen molar-refractivity contribution in [3.05, 3.63) is 59.7 Å². The summed E-state index contributed by atoms with van der Waals surface area (Å²) in [6, 6.07) is 7.38. The third-order valence-corrected chi connectivity index (χ3v) is 4.09. The van der Waals surface area contributed by atoms with Crippen LogP contribution in [0.2, 0.25) is 0 Å². The smallest absolute Gasteiger partial charge is 0.271 e. The molecule has 1 fully saturated rings. The first-order valence-electron chi connectivity index (χ1n) is 8.16. The van der Waals surface area contributed by atoms with Gasteiger partial charge in [-0.1, -0.05) is 12.1 Å². The van der Waals surface area contributed by atoms with Gasteiger partial charge in [0.05, 0.1) is 6.20 Å². The fraction of sp³-hybridized carbons (Fsp3) is 0.333. The Kier molecular flexibility index (Phi) is 5.15. The molecule has 0 atom stereocenters. The minimum Gasteiger partial charge on any atom is -0.347 e. The van der Waals surface area contributed by atoms with Crippen molar-refractivity contribution in [2.75, 3.05) is 13.1 Å². The van der Waals surface area contributed by atoms with Crippen LogP contribution in [0.1, 0.15) is 45.7 Å². The number of likely N-dealkylation sites (tertiary alicyclic amines) is 1. The highest BCUT2D eigenvalue weighted by molar-refractivity contribution is 5.94. The van der Waals surface area contributed by atoms with Gasteiger partial charge < -0.3 is 10.2 Å². The lowest BCUT2D eigenvalue weighted by Crippen LogP contribution is -2.35. The second kappa shape index (κ2) is 7.68. The van der Waals surface area contributed by atoms with E-state index in [4.69, 9.17) is 0 Å². The number of hydrogen-bond donors (Lipinski definition) is 1. The summed E-state index contributed by atoms with van der Waals surface area (Å²) in [5.74, 6) is -0.179. The number of carbonyl (C=O) groups excluding carboxylic acids is 2. The van der Waals surface area contributed by atoms with Crippen LogP contribution in [0.5, 0.6) is 0 Å². The Labute approximate surface area is 140 Å². The maximum atomic E-state index is 12.4. The predicted molar refractivity (Wildman–Crippen MR) is 89.4 cm³/mol. The molecule has 1 aliphatic heterocycles. The second-order valence-electron chi connectivity index (χ2n) is 5.82. The van der Waals surface area contributed by atoms with Crippen molar-refractivity contribution in [3.63, 3.8) is 0 Å². The number of aromatic nitrogens is 2. The van der Waals surface area contributed by atoms with Gasteiger partial charge in [-0.15, -0.1) is 0 Å². The molecule has 2 heterocycles. The fourth-order valence-corrected chi connectivity index (χ4v) is 2.73. The number of carbonyl (C=O) groups is 2. The number of benzene rings is 1. The van der Waals surface area contributed by atoms with Crippen LogP contribution in [0, 0.1) is 0 Å². The molecule has 124 valence electrons. The largest absolute Gasteiger partial charge is 0.347 e. The molecule has 3 rings (SSSR count). The molecule has 0 spiro atoms. The third-order valence-electron chi connectivity index (χ3n) is 4.09. The summed E-state index contributed by atoms with van der Waals surface area (Å²) in [4.78, 5) is 34.1. The lowest BCUT2D eigenvalue weighted by Gasteiger charge is -2.26. The van der Waals surface area contributed by atoms with Crippen LogP contribution in [-0.4, -0.2) is 39.8 Å². The van der Waals surface area contributed by atoms with Gasteiger partial charge in [0.2, 0.25) is 0 Å². The van der Waals surface area contributed by atoms with Crippen LogP contribution < -0.4 is 5.32 Å². The van der Waals surface area contributed by atoms with Crippen LogP contribution in [-0.2, 0) is 6.54 Å². The highest BCUT2D eigenvalue weighted by Gasteiger charge is 2.17. The summed E-state index contributed by atoms with van der Waals surface area (Å²) in [7, 11) is 0. The summed E-state index contributed by atoms with van der Waals surface area (Å²) >= 11 is 0. The van der Waals surface area contributed by atoms with Crippen molar-refractivity contribution >= 4 is 11.8 Å². The molecule has 1 aliphatic rings. The average Bonchev–Trinajstić information content (AvgIpc) is 2.67. The highest BCUT2D eigenvalue weighted by Crippen LogP contribution is 2.14. The molecule has 0 radical (unpaired) electrons. The highest BCUT2D eigenvalue weighted by atomic mass is 16.2. The van der Waals surface area contributed by atoms with Crippen LogP contribution in [0.15, 0.2) is 42.9 Å². The Morgan fingerprint density at radius 1 is 1.04 bits per heavy atom. The maximum absolute atomic E-state index is 12.4. The molecule has 0 aliphatic carbocycles. The first-order valence-corrected chi connectivity index (χ1v) is 8.16. The molecular weight excluding hydrogens is 304 g/mol. The van der Waals surface area contributed by atoms with Gasteiger partial charge in [0.25, 0.3) is 11.8 Å². The third kappa shape index (κ3) is 3.95. The van der Waals surface area contributed by atoms with Gasteiger partial charge in [-0.3, -0.25) is 14.6 Å². The summed E-state index contributed by atoms with van der Waals surface area (Å²) in [5, 5.41) is 2.79. The molecule has 2 aromatic rings. The average molecular weight is 324 g/mol. The van der Waals surface area contributed by atoms with E-state index in [1.165, 1.54) is 25.0 Å². The van der Waals surface area contributed by atoms with Crippen LogP contribution in [0.3, 0.4) is 0 Å². The zero-order valence-electron chi connectivity index (χ0n) is 13.4. The van der Waals surface area contributed by atoms with Crippen molar-refractivity contribution in [1.29, 1.82) is 0 Å². The molecule has 0 saturated carbocycles. The summed E-state index contributed by atoms with van der Waals surface area (Å²) in [6.07, 6.45) is 7.80. The predicted octanol–water partition coefficient (Wildman–Crippen LogP) is 2.03. The number of piperidine rings is 1. The molecular formula is C18H20N4O2. The number of hydrogen-bond acceptors (Lipinski definition) is 4. The van der Waals surface area contributed by atoms with Gasteiger partial charge in [-0.2, -0.15) is 0 Å². The van der Waals surface area contributed by atoms with E-state index in [9.17, 15) is 9.59 Å². The van der Waals surface area contributed by atoms with Gasteiger partial charge in [0, 0.05) is 37.6 Å². The van der Waals surface area contributed by atoms with Crippen LogP contribution in [0.4, 0.5) is 0 Å². The molecule has 2 amide bonds. The van der Waals surface area contributed by atoms with Gasteiger partial charge >= 0.3 is 0 Å². The van der Waals surface area contributed by atoms with E-state index in [1.54, 1.807) is 0 Å². The molecule has 24 heavy (non-hydrogen) atoms. The molecule has 1 saturated heterocycles. The minimum atomic E-state index is -0.267. The van der Waals surface area contributed by atoms with E-state index in [0.29, 0.717) is 12.1 Å². The molecule has 6 nitrogen and oxygen atoms in total.